The van der Waals surface area contributed by atoms with Gasteiger partial charge in [0.25, 0.3) is 5.91 Å². The quantitative estimate of drug-likeness (QED) is 0.629. The first-order chi connectivity index (χ1) is 11.1. The Kier molecular flexibility index (Phi) is 5.14. The van der Waals surface area contributed by atoms with Gasteiger partial charge in [-0.2, -0.15) is 0 Å². The van der Waals surface area contributed by atoms with Crippen LogP contribution in [-0.2, 0) is 6.42 Å². The number of aromatic nitrogens is 2. The molecule has 0 aliphatic heterocycles. The van der Waals surface area contributed by atoms with Crippen LogP contribution < -0.4 is 5.32 Å². The lowest BCUT2D eigenvalue weighted by Gasteiger charge is -1.99. The van der Waals surface area contributed by atoms with Crippen molar-refractivity contribution in [3.63, 3.8) is 0 Å². The fourth-order valence-corrected chi connectivity index (χ4v) is 3.58. The molecule has 2 heterocycles. The molecule has 0 bridgehead atoms. The maximum absolute atomic E-state index is 12.0. The molecule has 23 heavy (non-hydrogen) atoms. The van der Waals surface area contributed by atoms with E-state index in [1.54, 1.807) is 17.8 Å². The van der Waals surface area contributed by atoms with Crippen LogP contribution in [0.5, 0.6) is 0 Å². The average Bonchev–Trinajstić information content (AvgIpc) is 3.17. The number of carbonyl (C=O) groups is 1. The van der Waals surface area contributed by atoms with Gasteiger partial charge in [0, 0.05) is 4.90 Å². The maximum Gasteiger partial charge on any atom is 0.322 e. The number of amides is 1. The van der Waals surface area contributed by atoms with Crippen molar-refractivity contribution < 1.29 is 9.21 Å². The maximum atomic E-state index is 12.0. The summed E-state index contributed by atoms with van der Waals surface area (Å²) in [4.78, 5) is 13.8. The topological polar surface area (TPSA) is 68.0 Å². The zero-order chi connectivity index (χ0) is 16.2. The fraction of sp³-hybridized carbons (Fsp3) is 0.133. The van der Waals surface area contributed by atoms with Crippen molar-refractivity contribution >= 4 is 51.0 Å². The highest BCUT2D eigenvalue weighted by atomic mass is 79.9. The normalized spacial score (nSPS) is 10.7. The van der Waals surface area contributed by atoms with Gasteiger partial charge in [0.1, 0.15) is 0 Å². The Morgan fingerprint density at radius 2 is 2.04 bits per heavy atom. The van der Waals surface area contributed by atoms with E-state index in [-0.39, 0.29) is 11.9 Å². The summed E-state index contributed by atoms with van der Waals surface area (Å²) in [5.74, 6) is 0.199. The van der Waals surface area contributed by atoms with Gasteiger partial charge >= 0.3 is 6.01 Å². The summed E-state index contributed by atoms with van der Waals surface area (Å²) < 4.78 is 6.37. The lowest BCUT2D eigenvalue weighted by molar-refractivity contribution is 0.102. The van der Waals surface area contributed by atoms with Crippen LogP contribution >= 0.6 is 39.0 Å². The molecule has 2 aromatic heterocycles. The number of thioether (sulfide) groups is 1. The van der Waals surface area contributed by atoms with Gasteiger partial charge in [-0.1, -0.05) is 17.2 Å². The molecule has 3 rings (SSSR count). The molecule has 0 saturated heterocycles. The number of nitrogens with one attached hydrogen (secondary N) is 1. The number of nitrogens with zero attached hydrogens (tertiary/aromatic N) is 2. The third-order valence-corrected chi connectivity index (χ3v) is 5.36. The summed E-state index contributed by atoms with van der Waals surface area (Å²) >= 11 is 6.36. The summed E-state index contributed by atoms with van der Waals surface area (Å²) in [7, 11) is 0. The molecule has 3 aromatic rings. The Morgan fingerprint density at radius 3 is 2.70 bits per heavy atom. The average molecular weight is 410 g/mol. The smallest absolute Gasteiger partial charge is 0.322 e. The molecular weight excluding hydrogens is 398 g/mol. The second-order valence-electron chi connectivity index (χ2n) is 4.58. The van der Waals surface area contributed by atoms with E-state index in [0.717, 1.165) is 9.35 Å². The number of halogens is 1. The van der Waals surface area contributed by atoms with E-state index in [9.17, 15) is 4.79 Å². The van der Waals surface area contributed by atoms with Crippen LogP contribution in [0.3, 0.4) is 0 Å². The molecular formula is C15H12BrN3O2S2. The predicted molar refractivity (Wildman–Crippen MR) is 95.3 cm³/mol. The first kappa shape index (κ1) is 16.2. The third kappa shape index (κ3) is 4.21. The minimum atomic E-state index is -0.264. The summed E-state index contributed by atoms with van der Waals surface area (Å²) in [5, 5.41) is 10.4. The standard InChI is InChI=1S/C15H12BrN3O2S2/c1-22-10-4-2-9(3-5-10)8-13-18-19-15(21-13)17-14(20)11-6-7-12(16)23-11/h2-7H,8H2,1H3,(H,17,19,20). The van der Waals surface area contributed by atoms with Gasteiger partial charge in [0.2, 0.25) is 5.89 Å². The molecule has 5 nitrogen and oxygen atoms in total. The van der Waals surface area contributed by atoms with Gasteiger partial charge < -0.3 is 4.42 Å². The zero-order valence-electron chi connectivity index (χ0n) is 12.1. The van der Waals surface area contributed by atoms with Crippen molar-refractivity contribution in [2.75, 3.05) is 11.6 Å². The van der Waals surface area contributed by atoms with Gasteiger partial charge in [-0.3, -0.25) is 10.1 Å². The van der Waals surface area contributed by atoms with Gasteiger partial charge in [-0.25, -0.2) is 0 Å². The highest BCUT2D eigenvalue weighted by Crippen LogP contribution is 2.23. The number of carbonyl (C=O) groups excluding carboxylic acids is 1. The number of benzene rings is 1. The van der Waals surface area contributed by atoms with Crippen LogP contribution in [-0.4, -0.2) is 22.4 Å². The molecule has 0 radical (unpaired) electrons. The lowest BCUT2D eigenvalue weighted by Crippen LogP contribution is -2.10. The molecule has 1 N–H and O–H groups in total. The monoisotopic (exact) mass is 409 g/mol. The summed E-state index contributed by atoms with van der Waals surface area (Å²) in [6.45, 7) is 0. The summed E-state index contributed by atoms with van der Waals surface area (Å²) in [6, 6.07) is 11.8. The SMILES string of the molecule is CSc1ccc(Cc2nnc(NC(=O)c3ccc(Br)s3)o2)cc1. The molecule has 1 aromatic carbocycles. The van der Waals surface area contributed by atoms with Crippen molar-refractivity contribution in [2.45, 2.75) is 11.3 Å². The Balaban J connectivity index is 1.64. The van der Waals surface area contributed by atoms with Crippen LogP contribution in [0.2, 0.25) is 0 Å². The molecule has 0 saturated carbocycles. The number of anilines is 1. The van der Waals surface area contributed by atoms with Gasteiger partial charge in [0.05, 0.1) is 15.1 Å². The zero-order valence-corrected chi connectivity index (χ0v) is 15.3. The van der Waals surface area contributed by atoms with E-state index in [4.69, 9.17) is 4.42 Å². The number of hydrogen-bond donors (Lipinski definition) is 1. The first-order valence-electron chi connectivity index (χ1n) is 6.66. The van der Waals surface area contributed by atoms with E-state index in [2.05, 4.69) is 31.4 Å². The number of rotatable bonds is 5. The highest BCUT2D eigenvalue weighted by molar-refractivity contribution is 9.11. The van der Waals surface area contributed by atoms with E-state index in [0.29, 0.717) is 17.2 Å². The summed E-state index contributed by atoms with van der Waals surface area (Å²) in [6.07, 6.45) is 2.57. The van der Waals surface area contributed by atoms with E-state index in [1.165, 1.54) is 16.2 Å². The number of hydrogen-bond acceptors (Lipinski definition) is 6. The van der Waals surface area contributed by atoms with Crippen molar-refractivity contribution in [3.05, 3.63) is 56.5 Å². The highest BCUT2D eigenvalue weighted by Gasteiger charge is 2.13. The first-order valence-corrected chi connectivity index (χ1v) is 9.49. The Morgan fingerprint density at radius 1 is 1.26 bits per heavy atom. The van der Waals surface area contributed by atoms with Crippen molar-refractivity contribution in [3.8, 4) is 0 Å². The van der Waals surface area contributed by atoms with Crippen LogP contribution in [0, 0.1) is 0 Å². The minimum absolute atomic E-state index is 0.107. The Labute approximate surface area is 149 Å². The fourth-order valence-electron chi connectivity index (χ4n) is 1.89. The van der Waals surface area contributed by atoms with Gasteiger partial charge in [-0.15, -0.1) is 28.2 Å². The van der Waals surface area contributed by atoms with Crippen molar-refractivity contribution in [2.24, 2.45) is 0 Å². The molecule has 0 unspecified atom stereocenters. The van der Waals surface area contributed by atoms with Gasteiger partial charge in [0.15, 0.2) is 0 Å². The van der Waals surface area contributed by atoms with E-state index < -0.39 is 0 Å². The van der Waals surface area contributed by atoms with Crippen LogP contribution in [0.15, 0.2) is 49.5 Å². The number of thiophene rings is 1. The van der Waals surface area contributed by atoms with E-state index in [1.807, 2.05) is 36.6 Å². The molecule has 0 aliphatic carbocycles. The molecule has 118 valence electrons. The second kappa shape index (κ2) is 7.29. The second-order valence-corrected chi connectivity index (χ2v) is 7.93. The molecule has 0 spiro atoms. The molecule has 8 heteroatoms. The van der Waals surface area contributed by atoms with Crippen LogP contribution in [0.1, 0.15) is 21.1 Å². The molecule has 0 atom stereocenters. The molecule has 0 fully saturated rings. The van der Waals surface area contributed by atoms with E-state index >= 15 is 0 Å². The van der Waals surface area contributed by atoms with Gasteiger partial charge in [-0.05, 0) is 52.0 Å². The van der Waals surface area contributed by atoms with Crippen LogP contribution in [0.4, 0.5) is 6.01 Å². The molecule has 1 amide bonds. The largest absolute Gasteiger partial charge is 0.407 e. The van der Waals surface area contributed by atoms with Crippen molar-refractivity contribution in [1.29, 1.82) is 0 Å². The predicted octanol–water partition coefficient (Wildman–Crippen LogP) is 4.46. The lowest BCUT2D eigenvalue weighted by atomic mass is 10.1. The minimum Gasteiger partial charge on any atom is -0.407 e. The van der Waals surface area contributed by atoms with Crippen LogP contribution in [0.25, 0.3) is 0 Å². The summed E-state index contributed by atoms with van der Waals surface area (Å²) in [5.41, 5.74) is 1.08. The Bertz CT molecular complexity index is 814. The molecule has 0 aliphatic rings. The Hall–Kier alpha value is -1.64. The van der Waals surface area contributed by atoms with Crippen molar-refractivity contribution in [1.82, 2.24) is 10.2 Å². The third-order valence-electron chi connectivity index (χ3n) is 3.00.